The number of carbonyl (C=O) groups excluding carboxylic acids is 3. The molecule has 0 aliphatic rings. The Balaban J connectivity index is 1.93. The molecule has 2 N–H and O–H groups in total. The summed E-state index contributed by atoms with van der Waals surface area (Å²) in [6, 6.07) is 12.1. The van der Waals surface area contributed by atoms with Crippen molar-refractivity contribution in [3.05, 3.63) is 48.0 Å². The Labute approximate surface area is 188 Å². The third-order valence-electron chi connectivity index (χ3n) is 4.18. The molecule has 0 saturated carbocycles. The molecule has 8 nitrogen and oxygen atoms in total. The Morgan fingerprint density at radius 1 is 0.969 bits per heavy atom. The SMILES string of the molecule is COc1ccc(NC(=O)COc2ccc(CCC(C)=O)cc2)cc1NC(=O)OC(C)(C)C. The lowest BCUT2D eigenvalue weighted by Crippen LogP contribution is -2.27. The van der Waals surface area contributed by atoms with Gasteiger partial charge in [0.05, 0.1) is 12.8 Å². The smallest absolute Gasteiger partial charge is 0.412 e. The van der Waals surface area contributed by atoms with Crippen LogP contribution in [0, 0.1) is 0 Å². The van der Waals surface area contributed by atoms with E-state index in [1.54, 1.807) is 58.0 Å². The molecular weight excluding hydrogens is 412 g/mol. The van der Waals surface area contributed by atoms with Gasteiger partial charge in [0.25, 0.3) is 5.91 Å². The average molecular weight is 443 g/mol. The monoisotopic (exact) mass is 442 g/mol. The molecular formula is C24H30N2O6. The molecule has 8 heteroatoms. The van der Waals surface area contributed by atoms with E-state index in [9.17, 15) is 14.4 Å². The van der Waals surface area contributed by atoms with Crippen LogP contribution in [-0.2, 0) is 20.7 Å². The molecule has 0 unspecified atom stereocenters. The van der Waals surface area contributed by atoms with E-state index in [4.69, 9.17) is 14.2 Å². The summed E-state index contributed by atoms with van der Waals surface area (Å²) in [5.41, 5.74) is 1.21. The highest BCUT2D eigenvalue weighted by Gasteiger charge is 2.18. The van der Waals surface area contributed by atoms with Gasteiger partial charge < -0.3 is 24.3 Å². The summed E-state index contributed by atoms with van der Waals surface area (Å²) in [6.45, 7) is 6.67. The number of rotatable bonds is 9. The van der Waals surface area contributed by atoms with Crippen molar-refractivity contribution >= 4 is 29.2 Å². The molecule has 0 aromatic heterocycles. The molecule has 2 aromatic carbocycles. The fourth-order valence-electron chi connectivity index (χ4n) is 2.72. The zero-order valence-corrected chi connectivity index (χ0v) is 19.1. The number of methoxy groups -OCH3 is 1. The van der Waals surface area contributed by atoms with Crippen molar-refractivity contribution < 1.29 is 28.6 Å². The number of hydrogen-bond donors (Lipinski definition) is 2. The van der Waals surface area contributed by atoms with Gasteiger partial charge in [-0.1, -0.05) is 12.1 Å². The highest BCUT2D eigenvalue weighted by atomic mass is 16.6. The predicted octanol–water partition coefficient (Wildman–Crippen LogP) is 4.58. The molecule has 0 radical (unpaired) electrons. The second-order valence-electron chi connectivity index (χ2n) is 8.22. The number of carbonyl (C=O) groups is 3. The zero-order chi connectivity index (χ0) is 23.7. The van der Waals surface area contributed by atoms with E-state index in [1.165, 1.54) is 7.11 Å². The number of aryl methyl sites for hydroxylation is 1. The molecule has 172 valence electrons. The van der Waals surface area contributed by atoms with Crippen LogP contribution in [0.15, 0.2) is 42.5 Å². The van der Waals surface area contributed by atoms with Gasteiger partial charge in [0.15, 0.2) is 6.61 Å². The van der Waals surface area contributed by atoms with E-state index in [-0.39, 0.29) is 18.3 Å². The average Bonchev–Trinajstić information content (AvgIpc) is 2.70. The van der Waals surface area contributed by atoms with Crippen LogP contribution in [0.25, 0.3) is 0 Å². The Morgan fingerprint density at radius 3 is 2.25 bits per heavy atom. The van der Waals surface area contributed by atoms with Crippen LogP contribution < -0.4 is 20.1 Å². The van der Waals surface area contributed by atoms with Gasteiger partial charge in [0.2, 0.25) is 0 Å². The molecule has 0 spiro atoms. The van der Waals surface area contributed by atoms with Crippen LogP contribution >= 0.6 is 0 Å². The van der Waals surface area contributed by atoms with Crippen molar-refractivity contribution in [2.75, 3.05) is 24.4 Å². The van der Waals surface area contributed by atoms with Gasteiger partial charge in [-0.25, -0.2) is 4.79 Å². The Kier molecular flexibility index (Phi) is 8.63. The molecule has 32 heavy (non-hydrogen) atoms. The number of ketones is 1. The quantitative estimate of drug-likeness (QED) is 0.589. The predicted molar refractivity (Wildman–Crippen MR) is 122 cm³/mol. The van der Waals surface area contributed by atoms with E-state index in [0.29, 0.717) is 35.7 Å². The fourth-order valence-corrected chi connectivity index (χ4v) is 2.72. The minimum Gasteiger partial charge on any atom is -0.495 e. The molecule has 0 aliphatic heterocycles. The number of ether oxygens (including phenoxy) is 3. The van der Waals surface area contributed by atoms with Crippen molar-refractivity contribution in [2.24, 2.45) is 0 Å². The molecule has 0 atom stereocenters. The first kappa shape index (κ1) is 24.7. The Morgan fingerprint density at radius 2 is 1.66 bits per heavy atom. The van der Waals surface area contributed by atoms with Gasteiger partial charge in [-0.2, -0.15) is 0 Å². The lowest BCUT2D eigenvalue weighted by atomic mass is 10.1. The van der Waals surface area contributed by atoms with E-state index < -0.39 is 11.7 Å². The van der Waals surface area contributed by atoms with E-state index in [2.05, 4.69) is 10.6 Å². The Bertz CT molecular complexity index is 948. The highest BCUT2D eigenvalue weighted by molar-refractivity contribution is 5.94. The van der Waals surface area contributed by atoms with Crippen LogP contribution in [0.4, 0.5) is 16.2 Å². The topological polar surface area (TPSA) is 103 Å². The van der Waals surface area contributed by atoms with Crippen LogP contribution in [0.2, 0.25) is 0 Å². The van der Waals surface area contributed by atoms with Gasteiger partial charge in [-0.05, 0) is 70.0 Å². The zero-order valence-electron chi connectivity index (χ0n) is 19.1. The second-order valence-corrected chi connectivity index (χ2v) is 8.22. The minimum absolute atomic E-state index is 0.144. The van der Waals surface area contributed by atoms with Gasteiger partial charge in [0, 0.05) is 12.1 Å². The van der Waals surface area contributed by atoms with Crippen molar-refractivity contribution in [1.82, 2.24) is 0 Å². The first-order valence-electron chi connectivity index (χ1n) is 10.2. The van der Waals surface area contributed by atoms with Crippen molar-refractivity contribution in [2.45, 2.75) is 46.1 Å². The molecule has 0 bridgehead atoms. The van der Waals surface area contributed by atoms with Crippen LogP contribution in [0.3, 0.4) is 0 Å². The number of benzene rings is 2. The molecule has 0 heterocycles. The molecule has 0 fully saturated rings. The number of hydrogen-bond acceptors (Lipinski definition) is 6. The lowest BCUT2D eigenvalue weighted by molar-refractivity contribution is -0.118. The maximum atomic E-state index is 12.3. The summed E-state index contributed by atoms with van der Waals surface area (Å²) in [7, 11) is 1.48. The summed E-state index contributed by atoms with van der Waals surface area (Å²) >= 11 is 0. The summed E-state index contributed by atoms with van der Waals surface area (Å²) in [4.78, 5) is 35.4. The minimum atomic E-state index is -0.647. The first-order valence-corrected chi connectivity index (χ1v) is 10.2. The first-order chi connectivity index (χ1) is 15.1. The van der Waals surface area contributed by atoms with Crippen molar-refractivity contribution in [1.29, 1.82) is 0 Å². The summed E-state index contributed by atoms with van der Waals surface area (Å²) < 4.78 is 16.0. The summed E-state index contributed by atoms with van der Waals surface area (Å²) in [5, 5.41) is 5.34. The van der Waals surface area contributed by atoms with Crippen molar-refractivity contribution in [3.8, 4) is 11.5 Å². The third kappa shape index (κ3) is 8.67. The standard InChI is InChI=1S/C24H30N2O6/c1-16(27)6-7-17-8-11-19(12-9-17)31-15-22(28)25-18-10-13-21(30-5)20(14-18)26-23(29)32-24(2,3)4/h8-14H,6-7,15H2,1-5H3,(H,25,28)(H,26,29). The number of Topliss-reactive ketones (excluding diaryl/α,β-unsaturated/α-hetero) is 1. The fraction of sp³-hybridized carbons (Fsp3) is 0.375. The lowest BCUT2D eigenvalue weighted by Gasteiger charge is -2.20. The second kappa shape index (κ2) is 11.2. The molecule has 2 aromatic rings. The molecule has 2 amide bonds. The highest BCUT2D eigenvalue weighted by Crippen LogP contribution is 2.28. The van der Waals surface area contributed by atoms with Crippen LogP contribution in [-0.4, -0.2) is 37.1 Å². The van der Waals surface area contributed by atoms with E-state index >= 15 is 0 Å². The van der Waals surface area contributed by atoms with E-state index in [0.717, 1.165) is 5.56 Å². The van der Waals surface area contributed by atoms with Gasteiger partial charge in [0.1, 0.15) is 22.9 Å². The molecule has 0 aliphatic carbocycles. The van der Waals surface area contributed by atoms with Gasteiger partial charge >= 0.3 is 6.09 Å². The number of amides is 2. The summed E-state index contributed by atoms with van der Waals surface area (Å²) in [5.74, 6) is 0.757. The summed E-state index contributed by atoms with van der Waals surface area (Å²) in [6.07, 6.45) is 0.539. The molecule has 2 rings (SSSR count). The Hall–Kier alpha value is -3.55. The van der Waals surface area contributed by atoms with Gasteiger partial charge in [-0.15, -0.1) is 0 Å². The van der Waals surface area contributed by atoms with E-state index in [1.807, 2.05) is 12.1 Å². The van der Waals surface area contributed by atoms with Gasteiger partial charge in [-0.3, -0.25) is 10.1 Å². The number of nitrogens with one attached hydrogen (secondary N) is 2. The normalized spacial score (nSPS) is 10.8. The molecule has 0 saturated heterocycles. The maximum absolute atomic E-state index is 12.3. The van der Waals surface area contributed by atoms with Crippen LogP contribution in [0.1, 0.15) is 39.7 Å². The number of anilines is 2. The van der Waals surface area contributed by atoms with Crippen LogP contribution in [0.5, 0.6) is 11.5 Å². The third-order valence-corrected chi connectivity index (χ3v) is 4.18. The maximum Gasteiger partial charge on any atom is 0.412 e. The largest absolute Gasteiger partial charge is 0.495 e. The van der Waals surface area contributed by atoms with Crippen molar-refractivity contribution in [3.63, 3.8) is 0 Å².